The van der Waals surface area contributed by atoms with E-state index >= 15 is 0 Å². The summed E-state index contributed by atoms with van der Waals surface area (Å²) in [7, 11) is 1.29. The smallest absolute Gasteiger partial charge is 0.353 e. The van der Waals surface area contributed by atoms with Gasteiger partial charge in [-0.1, -0.05) is 0 Å². The maximum absolute atomic E-state index is 11.5. The molecule has 10 heteroatoms. The zero-order chi connectivity index (χ0) is 19.2. The van der Waals surface area contributed by atoms with Gasteiger partial charge < -0.3 is 19.8 Å². The molecule has 0 aliphatic carbocycles. The van der Waals surface area contributed by atoms with Gasteiger partial charge >= 0.3 is 11.7 Å². The van der Waals surface area contributed by atoms with E-state index in [1.54, 1.807) is 24.3 Å². The van der Waals surface area contributed by atoms with Crippen molar-refractivity contribution in [3.05, 3.63) is 70.4 Å². The van der Waals surface area contributed by atoms with E-state index in [4.69, 9.17) is 4.42 Å². The number of nitro groups is 1. The van der Waals surface area contributed by atoms with Crippen LogP contribution in [0.25, 0.3) is 0 Å². The number of esters is 1. The van der Waals surface area contributed by atoms with Crippen LogP contribution in [0.1, 0.15) is 16.1 Å². The third kappa shape index (κ3) is 4.18. The molecule has 138 valence electrons. The number of aromatic nitrogens is 2. The van der Waals surface area contributed by atoms with E-state index in [1.165, 1.54) is 31.8 Å². The largest absolute Gasteiger partial charge is 0.467 e. The van der Waals surface area contributed by atoms with Gasteiger partial charge in [0.2, 0.25) is 11.6 Å². The second-order valence-electron chi connectivity index (χ2n) is 5.30. The van der Waals surface area contributed by atoms with Gasteiger partial charge in [-0.25, -0.2) is 14.8 Å². The highest BCUT2D eigenvalue weighted by Crippen LogP contribution is 2.31. The molecule has 1 aromatic carbocycles. The third-order valence-corrected chi connectivity index (χ3v) is 3.58. The number of benzene rings is 1. The number of nitrogens with zero attached hydrogens (tertiary/aromatic N) is 3. The first kappa shape index (κ1) is 17.9. The fourth-order valence-corrected chi connectivity index (χ4v) is 2.30. The van der Waals surface area contributed by atoms with Gasteiger partial charge in [0.15, 0.2) is 0 Å². The van der Waals surface area contributed by atoms with Crippen molar-refractivity contribution in [2.45, 2.75) is 6.54 Å². The molecule has 2 aromatic heterocycles. The predicted octanol–water partition coefficient (Wildman–Crippen LogP) is 3.12. The van der Waals surface area contributed by atoms with Crippen LogP contribution in [0.2, 0.25) is 0 Å². The summed E-state index contributed by atoms with van der Waals surface area (Å²) in [4.78, 5) is 30.3. The topological polar surface area (TPSA) is 132 Å². The second-order valence-corrected chi connectivity index (χ2v) is 5.30. The predicted molar refractivity (Wildman–Crippen MR) is 95.8 cm³/mol. The summed E-state index contributed by atoms with van der Waals surface area (Å²) in [6, 6.07) is 9.72. The van der Waals surface area contributed by atoms with E-state index < -0.39 is 10.9 Å². The van der Waals surface area contributed by atoms with Crippen molar-refractivity contribution < 1.29 is 18.9 Å². The minimum atomic E-state index is -0.574. The Labute approximate surface area is 153 Å². The summed E-state index contributed by atoms with van der Waals surface area (Å²) in [5.74, 6) is 0.206. The molecule has 0 amide bonds. The number of hydrogen-bond acceptors (Lipinski definition) is 9. The SMILES string of the molecule is COC(=O)c1ccc(Nc2ncnc(NCc3ccco3)c2[N+](=O)[O-])cc1. The van der Waals surface area contributed by atoms with Crippen LogP contribution in [0.3, 0.4) is 0 Å². The quantitative estimate of drug-likeness (QED) is 0.366. The molecule has 10 nitrogen and oxygen atoms in total. The summed E-state index contributed by atoms with van der Waals surface area (Å²) in [6.45, 7) is 0.234. The average Bonchev–Trinajstić information content (AvgIpc) is 3.20. The number of rotatable bonds is 7. The zero-order valence-electron chi connectivity index (χ0n) is 14.2. The van der Waals surface area contributed by atoms with E-state index in [0.717, 1.165) is 0 Å². The van der Waals surface area contributed by atoms with E-state index in [2.05, 4.69) is 25.3 Å². The highest BCUT2D eigenvalue weighted by Gasteiger charge is 2.23. The first-order valence-corrected chi connectivity index (χ1v) is 7.79. The molecule has 0 atom stereocenters. The summed E-state index contributed by atoms with van der Waals surface area (Å²) >= 11 is 0. The van der Waals surface area contributed by atoms with Crippen molar-refractivity contribution in [3.63, 3.8) is 0 Å². The van der Waals surface area contributed by atoms with E-state index in [0.29, 0.717) is 17.0 Å². The Balaban J connectivity index is 1.83. The molecule has 0 saturated heterocycles. The van der Waals surface area contributed by atoms with Crippen LogP contribution in [0.4, 0.5) is 23.0 Å². The van der Waals surface area contributed by atoms with Crippen LogP contribution < -0.4 is 10.6 Å². The fraction of sp³-hybridized carbons (Fsp3) is 0.118. The van der Waals surface area contributed by atoms with Gasteiger partial charge in [-0.2, -0.15) is 0 Å². The van der Waals surface area contributed by atoms with Crippen molar-refractivity contribution in [1.29, 1.82) is 0 Å². The maximum atomic E-state index is 11.5. The number of anilines is 3. The molecule has 0 fully saturated rings. The highest BCUT2D eigenvalue weighted by molar-refractivity contribution is 5.89. The summed E-state index contributed by atoms with van der Waals surface area (Å²) in [6.07, 6.45) is 2.72. The Bertz CT molecular complexity index is 941. The Morgan fingerprint density at radius 1 is 1.22 bits per heavy atom. The van der Waals surface area contributed by atoms with E-state index in [9.17, 15) is 14.9 Å². The number of methoxy groups -OCH3 is 1. The van der Waals surface area contributed by atoms with Gasteiger partial charge in [0.1, 0.15) is 12.1 Å². The number of carbonyl (C=O) groups is 1. The molecule has 27 heavy (non-hydrogen) atoms. The molecule has 2 N–H and O–H groups in total. The van der Waals surface area contributed by atoms with Gasteiger partial charge in [-0.15, -0.1) is 0 Å². The van der Waals surface area contributed by atoms with Crippen LogP contribution >= 0.6 is 0 Å². The van der Waals surface area contributed by atoms with Crippen molar-refractivity contribution in [2.24, 2.45) is 0 Å². The van der Waals surface area contributed by atoms with Gasteiger partial charge in [0.05, 0.1) is 30.4 Å². The van der Waals surface area contributed by atoms with Crippen LogP contribution in [0.15, 0.2) is 53.4 Å². The Kier molecular flexibility index (Phi) is 5.26. The van der Waals surface area contributed by atoms with Crippen LogP contribution in [0.5, 0.6) is 0 Å². The molecule has 0 spiro atoms. The fourth-order valence-electron chi connectivity index (χ4n) is 2.30. The van der Waals surface area contributed by atoms with Crippen molar-refractivity contribution in [1.82, 2.24) is 9.97 Å². The highest BCUT2D eigenvalue weighted by atomic mass is 16.6. The van der Waals surface area contributed by atoms with Crippen LogP contribution in [0, 0.1) is 10.1 Å². The van der Waals surface area contributed by atoms with Gasteiger partial charge in [0.25, 0.3) is 0 Å². The molecule has 3 rings (SSSR count). The monoisotopic (exact) mass is 369 g/mol. The first-order valence-electron chi connectivity index (χ1n) is 7.79. The van der Waals surface area contributed by atoms with E-state index in [-0.39, 0.29) is 23.9 Å². The number of carbonyl (C=O) groups excluding carboxylic acids is 1. The second kappa shape index (κ2) is 7.95. The molecular weight excluding hydrogens is 354 g/mol. The molecule has 0 unspecified atom stereocenters. The summed E-state index contributed by atoms with van der Waals surface area (Å²) in [5.41, 5.74) is 0.573. The minimum Gasteiger partial charge on any atom is -0.467 e. The van der Waals surface area contributed by atoms with Crippen molar-refractivity contribution in [3.8, 4) is 0 Å². The molecule has 3 aromatic rings. The lowest BCUT2D eigenvalue weighted by atomic mass is 10.2. The molecule has 2 heterocycles. The molecular formula is C17H15N5O5. The molecule has 0 saturated carbocycles. The lowest BCUT2D eigenvalue weighted by molar-refractivity contribution is -0.383. The van der Waals surface area contributed by atoms with Crippen LogP contribution in [-0.2, 0) is 11.3 Å². The number of furan rings is 1. The Hall–Kier alpha value is -3.95. The first-order chi connectivity index (χ1) is 13.1. The lowest BCUT2D eigenvalue weighted by Crippen LogP contribution is -2.08. The Morgan fingerprint density at radius 3 is 2.59 bits per heavy atom. The van der Waals surface area contributed by atoms with Crippen molar-refractivity contribution in [2.75, 3.05) is 17.7 Å². The molecule has 0 radical (unpaired) electrons. The molecule has 0 aliphatic rings. The number of nitrogens with one attached hydrogen (secondary N) is 2. The van der Waals surface area contributed by atoms with Crippen molar-refractivity contribution >= 4 is 29.0 Å². The third-order valence-electron chi connectivity index (χ3n) is 3.58. The van der Waals surface area contributed by atoms with Gasteiger partial charge in [0, 0.05) is 5.69 Å². The van der Waals surface area contributed by atoms with Crippen LogP contribution in [-0.4, -0.2) is 28.0 Å². The summed E-state index contributed by atoms with van der Waals surface area (Å²) in [5, 5.41) is 17.3. The van der Waals surface area contributed by atoms with E-state index in [1.807, 2.05) is 0 Å². The number of ether oxygens (including phenoxy) is 1. The normalized spacial score (nSPS) is 10.3. The summed E-state index contributed by atoms with van der Waals surface area (Å²) < 4.78 is 9.83. The average molecular weight is 369 g/mol. The minimum absolute atomic E-state index is 0.0164. The molecule has 0 aliphatic heterocycles. The molecule has 0 bridgehead atoms. The standard InChI is InChI=1S/C17H15N5O5/c1-26-17(23)11-4-6-12(7-5-11)21-16-14(22(24)25)15(19-10-20-16)18-9-13-3-2-8-27-13/h2-8,10H,9H2,1H3,(H2,18,19,20,21). The van der Waals surface area contributed by atoms with Gasteiger partial charge in [-0.05, 0) is 36.4 Å². The number of hydrogen-bond donors (Lipinski definition) is 2. The lowest BCUT2D eigenvalue weighted by Gasteiger charge is -2.10. The maximum Gasteiger partial charge on any atom is 0.353 e. The van der Waals surface area contributed by atoms with Gasteiger partial charge in [-0.3, -0.25) is 10.1 Å². The Morgan fingerprint density at radius 2 is 1.96 bits per heavy atom. The zero-order valence-corrected chi connectivity index (χ0v) is 14.2.